The van der Waals surface area contributed by atoms with E-state index in [9.17, 15) is 0 Å². The lowest BCUT2D eigenvalue weighted by Gasteiger charge is -2.25. The van der Waals surface area contributed by atoms with Gasteiger partial charge in [-0.2, -0.15) is 0 Å². The summed E-state index contributed by atoms with van der Waals surface area (Å²) >= 11 is 3.49. The van der Waals surface area contributed by atoms with Crippen molar-refractivity contribution < 1.29 is 0 Å². The molecule has 1 rings (SSSR count). The SMILES string of the molecule is CCCNC(CCC)C(C)Cc1ccc(Br)cc1. The molecule has 102 valence electrons. The minimum absolute atomic E-state index is 0.651. The molecule has 0 aliphatic rings. The van der Waals surface area contributed by atoms with Gasteiger partial charge >= 0.3 is 0 Å². The number of halogens is 1. The minimum atomic E-state index is 0.651. The Morgan fingerprint density at radius 2 is 1.78 bits per heavy atom. The molecular weight excluding hydrogens is 286 g/mol. The van der Waals surface area contributed by atoms with Crippen molar-refractivity contribution in [1.82, 2.24) is 5.32 Å². The zero-order valence-electron chi connectivity index (χ0n) is 11.9. The van der Waals surface area contributed by atoms with Crippen molar-refractivity contribution in [2.45, 2.75) is 52.5 Å². The minimum Gasteiger partial charge on any atom is -0.314 e. The number of hydrogen-bond acceptors (Lipinski definition) is 1. The predicted molar refractivity (Wildman–Crippen MR) is 84.0 cm³/mol. The summed E-state index contributed by atoms with van der Waals surface area (Å²) in [7, 11) is 0. The number of benzene rings is 1. The van der Waals surface area contributed by atoms with Crippen LogP contribution in [0.25, 0.3) is 0 Å². The second-order valence-electron chi connectivity index (χ2n) is 5.16. The van der Waals surface area contributed by atoms with Crippen LogP contribution in [0.5, 0.6) is 0 Å². The summed E-state index contributed by atoms with van der Waals surface area (Å²) in [5.74, 6) is 0.692. The van der Waals surface area contributed by atoms with Crippen LogP contribution in [0.3, 0.4) is 0 Å². The first kappa shape index (κ1) is 15.7. The third-order valence-corrected chi connectivity index (χ3v) is 3.94. The van der Waals surface area contributed by atoms with E-state index in [1.54, 1.807) is 0 Å². The first-order valence-corrected chi connectivity index (χ1v) is 7.94. The monoisotopic (exact) mass is 311 g/mol. The first-order chi connectivity index (χ1) is 8.67. The van der Waals surface area contributed by atoms with Gasteiger partial charge in [0.2, 0.25) is 0 Å². The summed E-state index contributed by atoms with van der Waals surface area (Å²) in [6.45, 7) is 8.00. The lowest BCUT2D eigenvalue weighted by molar-refractivity contribution is 0.352. The van der Waals surface area contributed by atoms with Crippen molar-refractivity contribution in [1.29, 1.82) is 0 Å². The van der Waals surface area contributed by atoms with Crippen LogP contribution < -0.4 is 5.32 Å². The van der Waals surface area contributed by atoms with Crippen LogP contribution in [-0.2, 0) is 6.42 Å². The molecular formula is C16H26BrN. The van der Waals surface area contributed by atoms with Crippen molar-refractivity contribution in [3.8, 4) is 0 Å². The molecule has 0 bridgehead atoms. The normalized spacial score (nSPS) is 14.4. The second-order valence-corrected chi connectivity index (χ2v) is 6.07. The molecule has 2 unspecified atom stereocenters. The molecule has 2 atom stereocenters. The van der Waals surface area contributed by atoms with Crippen LogP contribution >= 0.6 is 15.9 Å². The molecule has 0 aromatic heterocycles. The molecule has 2 heteroatoms. The van der Waals surface area contributed by atoms with Gasteiger partial charge in [-0.15, -0.1) is 0 Å². The van der Waals surface area contributed by atoms with E-state index < -0.39 is 0 Å². The summed E-state index contributed by atoms with van der Waals surface area (Å²) in [6, 6.07) is 9.37. The molecule has 0 aliphatic heterocycles. The summed E-state index contributed by atoms with van der Waals surface area (Å²) < 4.78 is 1.16. The van der Waals surface area contributed by atoms with Crippen LogP contribution in [-0.4, -0.2) is 12.6 Å². The molecule has 1 aromatic rings. The Labute approximate surface area is 120 Å². The molecule has 0 saturated carbocycles. The van der Waals surface area contributed by atoms with Gasteiger partial charge < -0.3 is 5.32 Å². The van der Waals surface area contributed by atoms with Crippen LogP contribution in [0.4, 0.5) is 0 Å². The Morgan fingerprint density at radius 1 is 1.11 bits per heavy atom. The van der Waals surface area contributed by atoms with Gasteiger partial charge in [0.25, 0.3) is 0 Å². The van der Waals surface area contributed by atoms with Gasteiger partial charge in [0.1, 0.15) is 0 Å². The predicted octanol–water partition coefficient (Wildman–Crippen LogP) is 4.80. The average molecular weight is 312 g/mol. The Morgan fingerprint density at radius 3 is 2.33 bits per heavy atom. The van der Waals surface area contributed by atoms with E-state index in [1.807, 2.05) is 0 Å². The van der Waals surface area contributed by atoms with E-state index in [1.165, 1.54) is 24.8 Å². The molecule has 0 spiro atoms. The van der Waals surface area contributed by atoms with Gasteiger partial charge in [0.15, 0.2) is 0 Å². The Kier molecular flexibility index (Phi) is 7.60. The van der Waals surface area contributed by atoms with Crippen molar-refractivity contribution >= 4 is 15.9 Å². The Bertz CT molecular complexity index is 320. The highest BCUT2D eigenvalue weighted by atomic mass is 79.9. The highest BCUT2D eigenvalue weighted by molar-refractivity contribution is 9.10. The summed E-state index contributed by atoms with van der Waals surface area (Å²) in [5, 5.41) is 3.69. The number of hydrogen-bond donors (Lipinski definition) is 1. The van der Waals surface area contributed by atoms with Crippen molar-refractivity contribution in [3.05, 3.63) is 34.3 Å². The quantitative estimate of drug-likeness (QED) is 0.727. The van der Waals surface area contributed by atoms with Gasteiger partial charge in [-0.1, -0.05) is 55.3 Å². The highest BCUT2D eigenvalue weighted by Gasteiger charge is 2.15. The molecule has 0 fully saturated rings. The fourth-order valence-corrected chi connectivity index (χ4v) is 2.63. The number of nitrogens with one attached hydrogen (secondary N) is 1. The van der Waals surface area contributed by atoms with Gasteiger partial charge in [-0.25, -0.2) is 0 Å². The van der Waals surface area contributed by atoms with Crippen molar-refractivity contribution in [2.24, 2.45) is 5.92 Å². The Hall–Kier alpha value is -0.340. The zero-order valence-corrected chi connectivity index (χ0v) is 13.5. The third kappa shape index (κ3) is 5.53. The number of rotatable bonds is 8. The fourth-order valence-electron chi connectivity index (χ4n) is 2.36. The summed E-state index contributed by atoms with van der Waals surface area (Å²) in [5.41, 5.74) is 1.44. The largest absolute Gasteiger partial charge is 0.314 e. The van der Waals surface area contributed by atoms with E-state index >= 15 is 0 Å². The standard InChI is InChI=1S/C16H26BrN/c1-4-6-16(18-11-5-2)13(3)12-14-7-9-15(17)10-8-14/h7-10,13,16,18H,4-6,11-12H2,1-3H3. The second kappa shape index (κ2) is 8.71. The topological polar surface area (TPSA) is 12.0 Å². The van der Waals surface area contributed by atoms with Crippen LogP contribution in [0.15, 0.2) is 28.7 Å². The van der Waals surface area contributed by atoms with E-state index in [2.05, 4.69) is 66.3 Å². The molecule has 0 aliphatic carbocycles. The van der Waals surface area contributed by atoms with E-state index in [4.69, 9.17) is 0 Å². The maximum atomic E-state index is 3.69. The average Bonchev–Trinajstić information content (AvgIpc) is 2.37. The maximum absolute atomic E-state index is 3.69. The van der Waals surface area contributed by atoms with Crippen molar-refractivity contribution in [3.63, 3.8) is 0 Å². The maximum Gasteiger partial charge on any atom is 0.0175 e. The summed E-state index contributed by atoms with van der Waals surface area (Å²) in [4.78, 5) is 0. The zero-order chi connectivity index (χ0) is 13.4. The first-order valence-electron chi connectivity index (χ1n) is 7.15. The summed E-state index contributed by atoms with van der Waals surface area (Å²) in [6.07, 6.45) is 4.91. The van der Waals surface area contributed by atoms with Crippen molar-refractivity contribution in [2.75, 3.05) is 6.54 Å². The van der Waals surface area contributed by atoms with E-state index in [0.29, 0.717) is 12.0 Å². The van der Waals surface area contributed by atoms with Gasteiger partial charge in [0.05, 0.1) is 0 Å². The highest BCUT2D eigenvalue weighted by Crippen LogP contribution is 2.18. The fraction of sp³-hybridized carbons (Fsp3) is 0.625. The molecule has 1 N–H and O–H groups in total. The van der Waals surface area contributed by atoms with E-state index in [-0.39, 0.29) is 0 Å². The molecule has 0 radical (unpaired) electrons. The van der Waals surface area contributed by atoms with Gasteiger partial charge in [-0.3, -0.25) is 0 Å². The molecule has 1 aromatic carbocycles. The molecule has 18 heavy (non-hydrogen) atoms. The molecule has 1 nitrogen and oxygen atoms in total. The van der Waals surface area contributed by atoms with Crippen LogP contribution in [0.1, 0.15) is 45.6 Å². The lowest BCUT2D eigenvalue weighted by Crippen LogP contribution is -2.36. The molecule has 0 amide bonds. The van der Waals surface area contributed by atoms with Gasteiger partial charge in [-0.05, 0) is 49.4 Å². The van der Waals surface area contributed by atoms with Crippen LogP contribution in [0.2, 0.25) is 0 Å². The Balaban J connectivity index is 2.53. The van der Waals surface area contributed by atoms with Crippen LogP contribution in [0, 0.1) is 5.92 Å². The van der Waals surface area contributed by atoms with E-state index in [0.717, 1.165) is 17.4 Å². The lowest BCUT2D eigenvalue weighted by atomic mass is 9.91. The third-order valence-electron chi connectivity index (χ3n) is 3.41. The van der Waals surface area contributed by atoms with Gasteiger partial charge in [0, 0.05) is 10.5 Å². The smallest absolute Gasteiger partial charge is 0.0175 e. The molecule has 0 heterocycles. The molecule has 0 saturated heterocycles.